The highest BCUT2D eigenvalue weighted by molar-refractivity contribution is 5.85. The van der Waals surface area contributed by atoms with E-state index in [4.69, 9.17) is 10.8 Å². The minimum absolute atomic E-state index is 0.297. The van der Waals surface area contributed by atoms with Crippen molar-refractivity contribution in [2.45, 2.75) is 46.7 Å². The lowest BCUT2D eigenvalue weighted by Crippen LogP contribution is -2.52. The van der Waals surface area contributed by atoms with Crippen molar-refractivity contribution in [2.75, 3.05) is 0 Å². The molecule has 4 N–H and O–H groups in total. The smallest absolute Gasteiger partial charge is 0.326 e. The lowest BCUT2D eigenvalue weighted by atomic mass is 9.86. The Bertz CT molecular complexity index is 269. The maximum Gasteiger partial charge on any atom is 0.326 e. The van der Waals surface area contributed by atoms with Gasteiger partial charge in [0.1, 0.15) is 6.04 Å². The van der Waals surface area contributed by atoms with Gasteiger partial charge in [-0.05, 0) is 12.3 Å². The summed E-state index contributed by atoms with van der Waals surface area (Å²) in [5.74, 6) is -1.75. The number of carbonyl (C=O) groups excluding carboxylic acids is 1. The number of carbonyl (C=O) groups is 2. The van der Waals surface area contributed by atoms with Crippen LogP contribution in [-0.2, 0) is 9.59 Å². The number of rotatable bonds is 4. The number of carboxylic acids is 1. The van der Waals surface area contributed by atoms with E-state index in [0.717, 1.165) is 0 Å². The van der Waals surface area contributed by atoms with Gasteiger partial charge in [-0.25, -0.2) is 4.79 Å². The molecule has 3 atom stereocenters. The van der Waals surface area contributed by atoms with Crippen LogP contribution < -0.4 is 11.1 Å². The Kier molecular flexibility index (Phi) is 4.93. The molecule has 0 rings (SSSR count). The van der Waals surface area contributed by atoms with Crippen LogP contribution in [0.2, 0.25) is 0 Å². The van der Waals surface area contributed by atoms with Crippen LogP contribution in [0, 0.1) is 11.3 Å². The summed E-state index contributed by atoms with van der Waals surface area (Å²) in [6.07, 6.45) is 0. The summed E-state index contributed by atoms with van der Waals surface area (Å²) >= 11 is 0. The molecule has 0 saturated heterocycles. The standard InChI is InChI=1S/C11H22N2O3/c1-6(7(2)12)9(14)13-8(10(15)16)11(3,4)5/h6-8H,12H2,1-5H3,(H,13,14)(H,15,16)/t6?,7?,8-/m0/s1. The zero-order chi connectivity index (χ0) is 13.1. The zero-order valence-corrected chi connectivity index (χ0v) is 10.6. The Morgan fingerprint density at radius 1 is 1.25 bits per heavy atom. The van der Waals surface area contributed by atoms with Crippen LogP contribution in [0.4, 0.5) is 0 Å². The van der Waals surface area contributed by atoms with Gasteiger partial charge in [0.15, 0.2) is 0 Å². The topological polar surface area (TPSA) is 92.4 Å². The van der Waals surface area contributed by atoms with Gasteiger partial charge < -0.3 is 16.2 Å². The Labute approximate surface area is 96.4 Å². The first-order valence-corrected chi connectivity index (χ1v) is 5.36. The van der Waals surface area contributed by atoms with E-state index in [1.54, 1.807) is 34.6 Å². The van der Waals surface area contributed by atoms with Crippen molar-refractivity contribution < 1.29 is 14.7 Å². The van der Waals surface area contributed by atoms with Crippen LogP contribution in [0.5, 0.6) is 0 Å². The maximum absolute atomic E-state index is 11.7. The van der Waals surface area contributed by atoms with E-state index in [9.17, 15) is 9.59 Å². The third kappa shape index (κ3) is 4.18. The van der Waals surface area contributed by atoms with Crippen molar-refractivity contribution in [1.29, 1.82) is 0 Å². The second-order valence-electron chi connectivity index (χ2n) is 5.29. The molecule has 0 aromatic heterocycles. The lowest BCUT2D eigenvalue weighted by molar-refractivity contribution is -0.145. The molecular weight excluding hydrogens is 208 g/mol. The van der Waals surface area contributed by atoms with E-state index in [1.807, 2.05) is 0 Å². The molecular formula is C11H22N2O3. The summed E-state index contributed by atoms with van der Waals surface area (Å²) in [7, 11) is 0. The summed E-state index contributed by atoms with van der Waals surface area (Å²) in [5, 5.41) is 11.6. The van der Waals surface area contributed by atoms with Gasteiger partial charge in [0.05, 0.1) is 0 Å². The van der Waals surface area contributed by atoms with Crippen molar-refractivity contribution in [3.8, 4) is 0 Å². The quantitative estimate of drug-likeness (QED) is 0.659. The van der Waals surface area contributed by atoms with Crippen LogP contribution in [0.1, 0.15) is 34.6 Å². The Hall–Kier alpha value is -1.10. The van der Waals surface area contributed by atoms with Gasteiger partial charge in [-0.2, -0.15) is 0 Å². The summed E-state index contributed by atoms with van der Waals surface area (Å²) < 4.78 is 0. The van der Waals surface area contributed by atoms with Crippen LogP contribution in [0.3, 0.4) is 0 Å². The van der Waals surface area contributed by atoms with Gasteiger partial charge in [-0.1, -0.05) is 27.7 Å². The average Bonchev–Trinajstić information content (AvgIpc) is 2.09. The minimum atomic E-state index is -1.03. The van der Waals surface area contributed by atoms with E-state index >= 15 is 0 Å². The highest BCUT2D eigenvalue weighted by atomic mass is 16.4. The highest BCUT2D eigenvalue weighted by Crippen LogP contribution is 2.20. The molecule has 0 radical (unpaired) electrons. The van der Waals surface area contributed by atoms with E-state index in [0.29, 0.717) is 0 Å². The van der Waals surface area contributed by atoms with E-state index < -0.39 is 23.3 Å². The Morgan fingerprint density at radius 2 is 1.69 bits per heavy atom. The summed E-state index contributed by atoms with van der Waals surface area (Å²) in [5.41, 5.74) is 5.06. The molecule has 5 nitrogen and oxygen atoms in total. The monoisotopic (exact) mass is 230 g/mol. The largest absolute Gasteiger partial charge is 0.480 e. The van der Waals surface area contributed by atoms with Crippen LogP contribution in [0.15, 0.2) is 0 Å². The first kappa shape index (κ1) is 14.9. The van der Waals surface area contributed by atoms with Gasteiger partial charge in [0.2, 0.25) is 5.91 Å². The predicted molar refractivity (Wildman–Crippen MR) is 61.8 cm³/mol. The molecule has 5 heteroatoms. The third-order valence-corrected chi connectivity index (χ3v) is 2.60. The number of carboxylic acid groups (broad SMARTS) is 1. The van der Waals surface area contributed by atoms with E-state index in [1.165, 1.54) is 0 Å². The SMILES string of the molecule is CC(N)C(C)C(=O)N[C@@H](C(=O)O)C(C)(C)C. The molecule has 0 aliphatic heterocycles. The molecule has 0 aliphatic rings. The molecule has 0 bridgehead atoms. The molecule has 94 valence electrons. The van der Waals surface area contributed by atoms with Gasteiger partial charge in [-0.3, -0.25) is 4.79 Å². The molecule has 2 unspecified atom stereocenters. The summed E-state index contributed by atoms with van der Waals surface area (Å²) in [6, 6.07) is -1.20. The van der Waals surface area contributed by atoms with E-state index in [-0.39, 0.29) is 11.9 Å². The van der Waals surface area contributed by atoms with E-state index in [2.05, 4.69) is 5.32 Å². The number of hydrogen-bond donors (Lipinski definition) is 3. The number of amides is 1. The molecule has 0 aromatic rings. The fraction of sp³-hybridized carbons (Fsp3) is 0.818. The summed E-state index contributed by atoms with van der Waals surface area (Å²) in [4.78, 5) is 22.7. The second kappa shape index (κ2) is 5.30. The molecule has 0 aromatic carbocycles. The van der Waals surface area contributed by atoms with Gasteiger partial charge >= 0.3 is 5.97 Å². The third-order valence-electron chi connectivity index (χ3n) is 2.60. The molecule has 0 saturated carbocycles. The fourth-order valence-corrected chi connectivity index (χ4v) is 1.16. The van der Waals surface area contributed by atoms with Crippen molar-refractivity contribution >= 4 is 11.9 Å². The number of nitrogens with one attached hydrogen (secondary N) is 1. The van der Waals surface area contributed by atoms with Crippen molar-refractivity contribution in [2.24, 2.45) is 17.1 Å². The Balaban J connectivity index is 4.67. The Morgan fingerprint density at radius 3 is 1.94 bits per heavy atom. The highest BCUT2D eigenvalue weighted by Gasteiger charge is 2.33. The van der Waals surface area contributed by atoms with Gasteiger partial charge in [0.25, 0.3) is 0 Å². The number of nitrogens with two attached hydrogens (primary N) is 1. The maximum atomic E-state index is 11.7. The zero-order valence-electron chi connectivity index (χ0n) is 10.6. The number of aliphatic carboxylic acids is 1. The molecule has 0 fully saturated rings. The second-order valence-corrected chi connectivity index (χ2v) is 5.29. The van der Waals surface area contributed by atoms with Crippen molar-refractivity contribution in [3.05, 3.63) is 0 Å². The van der Waals surface area contributed by atoms with Crippen LogP contribution in [0.25, 0.3) is 0 Å². The molecule has 16 heavy (non-hydrogen) atoms. The molecule has 0 spiro atoms. The van der Waals surface area contributed by atoms with Crippen molar-refractivity contribution in [3.63, 3.8) is 0 Å². The lowest BCUT2D eigenvalue weighted by Gasteiger charge is -2.29. The predicted octanol–water partition coefficient (Wildman–Crippen LogP) is 0.585. The molecule has 0 aliphatic carbocycles. The molecule has 0 heterocycles. The van der Waals surface area contributed by atoms with Crippen LogP contribution in [-0.4, -0.2) is 29.1 Å². The fourth-order valence-electron chi connectivity index (χ4n) is 1.16. The number of hydrogen-bond acceptors (Lipinski definition) is 3. The first-order valence-electron chi connectivity index (χ1n) is 5.36. The summed E-state index contributed by atoms with van der Waals surface area (Å²) in [6.45, 7) is 8.70. The normalized spacial score (nSPS) is 17.4. The van der Waals surface area contributed by atoms with Gasteiger partial charge in [0, 0.05) is 12.0 Å². The minimum Gasteiger partial charge on any atom is -0.480 e. The van der Waals surface area contributed by atoms with Crippen molar-refractivity contribution in [1.82, 2.24) is 5.32 Å². The van der Waals surface area contributed by atoms with Crippen LogP contribution >= 0.6 is 0 Å². The average molecular weight is 230 g/mol. The van der Waals surface area contributed by atoms with Gasteiger partial charge in [-0.15, -0.1) is 0 Å². The molecule has 1 amide bonds. The first-order chi connectivity index (χ1) is 7.07.